The SMILES string of the molecule is CC1(COc2ccc(CN(C(=O)C=Cc3ccccc3Cl)C3CC3)cc2)COC1. The molecule has 5 heteroatoms. The zero-order valence-corrected chi connectivity index (χ0v) is 17.4. The van der Waals surface area contributed by atoms with E-state index in [1.165, 1.54) is 0 Å². The largest absolute Gasteiger partial charge is 0.493 e. The van der Waals surface area contributed by atoms with E-state index in [1.807, 2.05) is 53.4 Å². The lowest BCUT2D eigenvalue weighted by molar-refractivity contribution is -0.127. The van der Waals surface area contributed by atoms with Crippen molar-refractivity contribution in [2.75, 3.05) is 19.8 Å². The van der Waals surface area contributed by atoms with Crippen molar-refractivity contribution < 1.29 is 14.3 Å². The minimum atomic E-state index is 0.0191. The Hall–Kier alpha value is -2.30. The minimum Gasteiger partial charge on any atom is -0.493 e. The third-order valence-corrected chi connectivity index (χ3v) is 5.69. The van der Waals surface area contributed by atoms with Crippen molar-refractivity contribution in [3.8, 4) is 5.75 Å². The van der Waals surface area contributed by atoms with Crippen molar-refractivity contribution in [3.63, 3.8) is 0 Å². The van der Waals surface area contributed by atoms with E-state index in [9.17, 15) is 4.79 Å². The number of carbonyl (C=O) groups is 1. The highest BCUT2D eigenvalue weighted by Crippen LogP contribution is 2.30. The van der Waals surface area contributed by atoms with E-state index in [4.69, 9.17) is 21.1 Å². The van der Waals surface area contributed by atoms with E-state index in [-0.39, 0.29) is 11.3 Å². The van der Waals surface area contributed by atoms with Crippen LogP contribution in [0.1, 0.15) is 30.9 Å². The van der Waals surface area contributed by atoms with E-state index in [2.05, 4.69) is 6.92 Å². The highest BCUT2D eigenvalue weighted by atomic mass is 35.5. The van der Waals surface area contributed by atoms with E-state index in [1.54, 1.807) is 12.2 Å². The fraction of sp³-hybridized carbons (Fsp3) is 0.375. The van der Waals surface area contributed by atoms with E-state index < -0.39 is 0 Å². The number of amides is 1. The second-order valence-electron chi connectivity index (χ2n) is 8.29. The molecule has 0 atom stereocenters. The number of benzene rings is 2. The summed E-state index contributed by atoms with van der Waals surface area (Å²) in [5, 5.41) is 0.646. The summed E-state index contributed by atoms with van der Waals surface area (Å²) in [7, 11) is 0. The summed E-state index contributed by atoms with van der Waals surface area (Å²) < 4.78 is 11.2. The van der Waals surface area contributed by atoms with E-state index in [0.717, 1.165) is 42.9 Å². The van der Waals surface area contributed by atoms with Crippen LogP contribution in [0.2, 0.25) is 5.02 Å². The number of rotatable bonds is 8. The molecule has 2 aromatic rings. The summed E-state index contributed by atoms with van der Waals surface area (Å²) in [6.45, 7) is 4.94. The predicted octanol–water partition coefficient (Wildman–Crippen LogP) is 4.96. The van der Waals surface area contributed by atoms with Gasteiger partial charge in [0.2, 0.25) is 5.91 Å². The molecule has 0 radical (unpaired) electrons. The monoisotopic (exact) mass is 411 g/mol. The van der Waals surface area contributed by atoms with Crippen molar-refractivity contribution >= 4 is 23.6 Å². The first-order valence-corrected chi connectivity index (χ1v) is 10.4. The van der Waals surface area contributed by atoms with E-state index >= 15 is 0 Å². The van der Waals surface area contributed by atoms with Crippen LogP contribution in [0.15, 0.2) is 54.6 Å². The molecular formula is C24H26ClNO3. The summed E-state index contributed by atoms with van der Waals surface area (Å²) in [6, 6.07) is 15.9. The smallest absolute Gasteiger partial charge is 0.247 e. The van der Waals surface area contributed by atoms with Gasteiger partial charge in [-0.3, -0.25) is 4.79 Å². The van der Waals surface area contributed by atoms with Gasteiger partial charge in [-0.25, -0.2) is 0 Å². The zero-order valence-electron chi connectivity index (χ0n) is 16.6. The quantitative estimate of drug-likeness (QED) is 0.576. The molecule has 0 aromatic heterocycles. The molecule has 29 heavy (non-hydrogen) atoms. The summed E-state index contributed by atoms with van der Waals surface area (Å²) in [6.07, 6.45) is 5.54. The third kappa shape index (κ3) is 5.20. The van der Waals surface area contributed by atoms with Gasteiger partial charge in [0.25, 0.3) is 0 Å². The van der Waals surface area contributed by atoms with Crippen LogP contribution >= 0.6 is 11.6 Å². The minimum absolute atomic E-state index is 0.0191. The van der Waals surface area contributed by atoms with Crippen molar-refractivity contribution in [2.24, 2.45) is 5.41 Å². The fourth-order valence-corrected chi connectivity index (χ4v) is 3.52. The van der Waals surface area contributed by atoms with Gasteiger partial charge in [-0.1, -0.05) is 48.9 Å². The predicted molar refractivity (Wildman–Crippen MR) is 115 cm³/mol. The van der Waals surface area contributed by atoms with Gasteiger partial charge in [-0.05, 0) is 48.2 Å². The number of hydrogen-bond donors (Lipinski definition) is 0. The van der Waals surface area contributed by atoms with E-state index in [0.29, 0.717) is 24.2 Å². The third-order valence-electron chi connectivity index (χ3n) is 5.35. The molecule has 1 amide bonds. The molecule has 2 aromatic carbocycles. The Kier molecular flexibility index (Phi) is 5.93. The molecule has 1 heterocycles. The summed E-state index contributed by atoms with van der Waals surface area (Å²) in [4.78, 5) is 14.7. The molecule has 1 saturated heterocycles. The first kappa shape index (κ1) is 20.0. The van der Waals surface area contributed by atoms with Gasteiger partial charge >= 0.3 is 0 Å². The molecular weight excluding hydrogens is 386 g/mol. The maximum Gasteiger partial charge on any atom is 0.247 e. The Bertz CT molecular complexity index is 885. The van der Waals surface area contributed by atoms with Crippen molar-refractivity contribution in [2.45, 2.75) is 32.4 Å². The average Bonchev–Trinajstić information content (AvgIpc) is 3.54. The number of ether oxygens (including phenoxy) is 2. The lowest BCUT2D eigenvalue weighted by Gasteiger charge is -2.37. The van der Waals surface area contributed by atoms with Gasteiger partial charge in [0.1, 0.15) is 5.75 Å². The van der Waals surface area contributed by atoms with Crippen molar-refractivity contribution in [1.29, 1.82) is 0 Å². The maximum absolute atomic E-state index is 12.8. The van der Waals surface area contributed by atoms with Crippen molar-refractivity contribution in [1.82, 2.24) is 4.90 Å². The number of carbonyl (C=O) groups excluding carboxylic acids is 1. The standard InChI is InChI=1S/C24H26ClNO3/c1-24(15-28-16-24)17-29-21-11-6-18(7-12-21)14-26(20-9-10-20)23(27)13-8-19-4-2-3-5-22(19)25/h2-8,11-13,20H,9-10,14-17H2,1H3. The average molecular weight is 412 g/mol. The normalized spacial score (nSPS) is 17.7. The maximum atomic E-state index is 12.8. The van der Waals surface area contributed by atoms with Crippen LogP contribution in [0.3, 0.4) is 0 Å². The molecule has 1 saturated carbocycles. The molecule has 0 unspecified atom stereocenters. The Morgan fingerprint density at radius 1 is 1.21 bits per heavy atom. The van der Waals surface area contributed by atoms with Gasteiger partial charge in [-0.2, -0.15) is 0 Å². The van der Waals surface area contributed by atoms with Gasteiger partial charge in [0.05, 0.1) is 19.8 Å². The Balaban J connectivity index is 1.36. The van der Waals surface area contributed by atoms with Gasteiger partial charge < -0.3 is 14.4 Å². The molecule has 0 N–H and O–H groups in total. The molecule has 1 aliphatic heterocycles. The van der Waals surface area contributed by atoms with Gasteiger partial charge in [0, 0.05) is 29.1 Å². The molecule has 2 aliphatic rings. The highest BCUT2D eigenvalue weighted by Gasteiger charge is 2.34. The number of hydrogen-bond acceptors (Lipinski definition) is 3. The second kappa shape index (κ2) is 8.60. The molecule has 152 valence electrons. The molecule has 1 aliphatic carbocycles. The lowest BCUT2D eigenvalue weighted by atomic mass is 9.90. The van der Waals surface area contributed by atoms with Crippen LogP contribution in [0, 0.1) is 5.41 Å². The number of halogens is 1. The van der Waals surface area contributed by atoms with Crippen LogP contribution in [0.5, 0.6) is 5.75 Å². The molecule has 4 nitrogen and oxygen atoms in total. The summed E-state index contributed by atoms with van der Waals surface area (Å²) in [5.41, 5.74) is 2.08. The first-order chi connectivity index (χ1) is 14.0. The van der Waals surface area contributed by atoms with Crippen LogP contribution < -0.4 is 4.74 Å². The van der Waals surface area contributed by atoms with Crippen LogP contribution in [0.25, 0.3) is 6.08 Å². The summed E-state index contributed by atoms with van der Waals surface area (Å²) in [5.74, 6) is 0.871. The first-order valence-electron chi connectivity index (χ1n) is 10.1. The topological polar surface area (TPSA) is 38.8 Å². The van der Waals surface area contributed by atoms with Crippen LogP contribution in [0.4, 0.5) is 0 Å². The Labute approximate surface area is 177 Å². The Morgan fingerprint density at radius 3 is 2.55 bits per heavy atom. The van der Waals surface area contributed by atoms with Gasteiger partial charge in [0.15, 0.2) is 0 Å². The molecule has 0 spiro atoms. The fourth-order valence-electron chi connectivity index (χ4n) is 3.32. The highest BCUT2D eigenvalue weighted by molar-refractivity contribution is 6.32. The van der Waals surface area contributed by atoms with Gasteiger partial charge in [-0.15, -0.1) is 0 Å². The molecule has 2 fully saturated rings. The Morgan fingerprint density at radius 2 is 1.93 bits per heavy atom. The lowest BCUT2D eigenvalue weighted by Crippen LogP contribution is -2.44. The summed E-state index contributed by atoms with van der Waals surface area (Å²) >= 11 is 6.18. The van der Waals surface area contributed by atoms with Crippen molar-refractivity contribution in [3.05, 3.63) is 70.8 Å². The molecule has 0 bridgehead atoms. The number of nitrogens with zero attached hydrogens (tertiary/aromatic N) is 1. The van der Waals surface area contributed by atoms with Crippen LogP contribution in [-0.2, 0) is 16.1 Å². The zero-order chi connectivity index (χ0) is 20.3. The molecule has 4 rings (SSSR count). The second-order valence-corrected chi connectivity index (χ2v) is 8.70. The van der Waals surface area contributed by atoms with Crippen LogP contribution in [-0.4, -0.2) is 36.7 Å².